The van der Waals surface area contributed by atoms with E-state index >= 15 is 0 Å². The summed E-state index contributed by atoms with van der Waals surface area (Å²) in [6.07, 6.45) is 2.67. The van der Waals surface area contributed by atoms with Gasteiger partial charge in [-0.3, -0.25) is 14.1 Å². The van der Waals surface area contributed by atoms with Gasteiger partial charge in [-0.25, -0.2) is 0 Å². The Morgan fingerprint density at radius 1 is 1.45 bits per heavy atom. The standard InChI is InChI=1S/C9H9O5S.C3H2N2O.Na/c1-2-14-9(10)7-5-3-4-6-8(7)15(11,12)13;6-3-1-2-4-5-3;/h4-6H,2H2,1H3,(H,11,12,13);1-2H;/q-1;;+1. The normalized spacial score (nSPS) is 12.2. The molecule has 22 heavy (non-hydrogen) atoms. The molecule has 0 saturated carbocycles. The van der Waals surface area contributed by atoms with Crippen molar-refractivity contribution in [3.05, 3.63) is 42.1 Å². The summed E-state index contributed by atoms with van der Waals surface area (Å²) < 4.78 is 35.3. The molecular weight excluding hydrogens is 323 g/mol. The molecule has 1 aromatic carbocycles. The number of azo groups is 1. The molecule has 0 radical (unpaired) electrons. The summed E-state index contributed by atoms with van der Waals surface area (Å²) in [5, 5.41) is 6.37. The topological polar surface area (TPSA) is 122 Å². The van der Waals surface area contributed by atoms with Crippen molar-refractivity contribution in [3.8, 4) is 0 Å². The van der Waals surface area contributed by atoms with E-state index in [2.05, 4.69) is 21.0 Å². The largest absolute Gasteiger partial charge is 1.00 e. The first-order valence-electron chi connectivity index (χ1n) is 5.62. The number of carbonyl (C=O) groups is 2. The molecule has 1 amide bonds. The Morgan fingerprint density at radius 2 is 2.14 bits per heavy atom. The first-order valence-corrected chi connectivity index (χ1v) is 7.06. The maximum Gasteiger partial charge on any atom is 1.00 e. The van der Waals surface area contributed by atoms with E-state index in [0.717, 1.165) is 12.1 Å². The van der Waals surface area contributed by atoms with Crippen LogP contribution in [0, 0.1) is 6.07 Å². The molecule has 1 aliphatic heterocycles. The van der Waals surface area contributed by atoms with Crippen LogP contribution < -0.4 is 29.6 Å². The van der Waals surface area contributed by atoms with Crippen molar-refractivity contribution in [3.63, 3.8) is 0 Å². The zero-order valence-electron chi connectivity index (χ0n) is 11.9. The predicted molar refractivity (Wildman–Crippen MR) is 70.1 cm³/mol. The van der Waals surface area contributed by atoms with Gasteiger partial charge in [0, 0.05) is 6.08 Å². The molecule has 0 atom stereocenters. The zero-order chi connectivity index (χ0) is 15.9. The second-order valence-corrected chi connectivity index (χ2v) is 4.88. The molecular formula is C12H11N2NaO6S. The molecule has 10 heteroatoms. The van der Waals surface area contributed by atoms with Gasteiger partial charge < -0.3 is 4.74 Å². The van der Waals surface area contributed by atoms with Gasteiger partial charge in [0.1, 0.15) is 0 Å². The van der Waals surface area contributed by atoms with Crippen molar-refractivity contribution in [1.29, 1.82) is 0 Å². The molecule has 0 aliphatic carbocycles. The summed E-state index contributed by atoms with van der Waals surface area (Å²) >= 11 is 0. The predicted octanol–water partition coefficient (Wildman–Crippen LogP) is -1.59. The third-order valence-electron chi connectivity index (χ3n) is 2.04. The van der Waals surface area contributed by atoms with Gasteiger partial charge in [-0.15, -0.1) is 11.2 Å². The minimum Gasteiger partial charge on any atom is -0.472 e. The van der Waals surface area contributed by atoms with Crippen molar-refractivity contribution in [2.24, 2.45) is 10.2 Å². The van der Waals surface area contributed by atoms with Crippen molar-refractivity contribution in [1.82, 2.24) is 0 Å². The fourth-order valence-corrected chi connectivity index (χ4v) is 1.89. The quantitative estimate of drug-likeness (QED) is 0.308. The first kappa shape index (κ1) is 20.6. The summed E-state index contributed by atoms with van der Waals surface area (Å²) in [6.45, 7) is 1.72. The third kappa shape index (κ3) is 6.58. The van der Waals surface area contributed by atoms with Crippen LogP contribution >= 0.6 is 0 Å². The Hall–Kier alpha value is -1.39. The van der Waals surface area contributed by atoms with E-state index in [-0.39, 0.29) is 47.6 Å². The Bertz CT molecular complexity index is 685. The van der Waals surface area contributed by atoms with Gasteiger partial charge in [-0.1, -0.05) is 0 Å². The van der Waals surface area contributed by atoms with Gasteiger partial charge in [-0.05, 0) is 17.4 Å². The SMILES string of the molecule is CCOC(=O)c1c[c-]ccc1S(=O)(=O)O.O=C1C=CN=N1.[Na+]. The van der Waals surface area contributed by atoms with Crippen molar-refractivity contribution in [2.75, 3.05) is 6.61 Å². The number of hydrogen-bond donors (Lipinski definition) is 1. The summed E-state index contributed by atoms with van der Waals surface area (Å²) in [6, 6.07) is 6.06. The van der Waals surface area contributed by atoms with Crippen LogP contribution in [0.2, 0.25) is 0 Å². The fourth-order valence-electron chi connectivity index (χ4n) is 1.23. The summed E-state index contributed by atoms with van der Waals surface area (Å²) in [5.41, 5.74) is -0.221. The van der Waals surface area contributed by atoms with Crippen LogP contribution in [0.1, 0.15) is 17.3 Å². The van der Waals surface area contributed by atoms with Gasteiger partial charge in [0.25, 0.3) is 22.0 Å². The molecule has 1 aliphatic rings. The second kappa shape index (κ2) is 9.59. The van der Waals surface area contributed by atoms with Crippen LogP contribution in [-0.2, 0) is 19.6 Å². The van der Waals surface area contributed by atoms with Gasteiger partial charge in [-0.2, -0.15) is 31.7 Å². The Kier molecular flexibility index (Phi) is 8.99. The van der Waals surface area contributed by atoms with Crippen molar-refractivity contribution in [2.45, 2.75) is 11.8 Å². The molecule has 1 heterocycles. The molecule has 0 saturated heterocycles. The van der Waals surface area contributed by atoms with Crippen LogP contribution in [0.25, 0.3) is 0 Å². The number of benzene rings is 1. The molecule has 0 fully saturated rings. The minimum atomic E-state index is -4.42. The second-order valence-electron chi connectivity index (χ2n) is 3.49. The number of rotatable bonds is 3. The van der Waals surface area contributed by atoms with Crippen LogP contribution in [0.5, 0.6) is 0 Å². The fraction of sp³-hybridized carbons (Fsp3) is 0.167. The summed E-state index contributed by atoms with van der Waals surface area (Å²) in [4.78, 5) is 20.7. The maximum atomic E-state index is 11.3. The summed E-state index contributed by atoms with van der Waals surface area (Å²) in [5.74, 6) is -1.07. The van der Waals surface area contributed by atoms with E-state index in [1.807, 2.05) is 0 Å². The Morgan fingerprint density at radius 3 is 2.55 bits per heavy atom. The van der Waals surface area contributed by atoms with Gasteiger partial charge in [0.05, 0.1) is 12.8 Å². The summed E-state index contributed by atoms with van der Waals surface area (Å²) in [7, 11) is -4.42. The first-order chi connectivity index (χ1) is 9.86. The van der Waals surface area contributed by atoms with Gasteiger partial charge in [0.15, 0.2) is 0 Å². The van der Waals surface area contributed by atoms with Crippen LogP contribution in [-0.4, -0.2) is 31.5 Å². The van der Waals surface area contributed by atoms with Crippen LogP contribution in [0.15, 0.2) is 45.6 Å². The third-order valence-corrected chi connectivity index (χ3v) is 2.95. The van der Waals surface area contributed by atoms with E-state index in [0.29, 0.717) is 0 Å². The van der Waals surface area contributed by atoms with Gasteiger partial charge >= 0.3 is 29.6 Å². The monoisotopic (exact) mass is 334 g/mol. The molecule has 1 aromatic rings. The Balaban J connectivity index is 0.000000529. The number of nitrogens with zero attached hydrogens (tertiary/aromatic N) is 2. The van der Waals surface area contributed by atoms with E-state index in [1.54, 1.807) is 6.92 Å². The van der Waals surface area contributed by atoms with Crippen molar-refractivity contribution < 1.29 is 56.9 Å². The molecule has 0 aromatic heterocycles. The number of carbonyl (C=O) groups excluding carboxylic acids is 2. The average Bonchev–Trinajstić information content (AvgIpc) is 2.90. The van der Waals surface area contributed by atoms with E-state index < -0.39 is 21.0 Å². The van der Waals surface area contributed by atoms with E-state index in [1.165, 1.54) is 18.3 Å². The maximum absolute atomic E-state index is 11.3. The molecule has 1 N–H and O–H groups in total. The number of hydrogen-bond acceptors (Lipinski definition) is 6. The minimum absolute atomic E-state index is 0. The molecule has 0 bridgehead atoms. The van der Waals surface area contributed by atoms with E-state index in [4.69, 9.17) is 4.55 Å². The molecule has 0 spiro atoms. The number of amides is 1. The number of esters is 1. The Labute approximate surface area is 149 Å². The van der Waals surface area contributed by atoms with Crippen molar-refractivity contribution >= 4 is 22.0 Å². The number of ether oxygens (including phenoxy) is 1. The molecule has 0 unspecified atom stereocenters. The zero-order valence-corrected chi connectivity index (χ0v) is 14.7. The average molecular weight is 334 g/mol. The van der Waals surface area contributed by atoms with E-state index in [9.17, 15) is 18.0 Å². The smallest absolute Gasteiger partial charge is 0.472 e. The molecule has 8 nitrogen and oxygen atoms in total. The van der Waals surface area contributed by atoms with Gasteiger partial charge in [0.2, 0.25) is 0 Å². The molecule has 112 valence electrons. The molecule has 2 rings (SSSR count). The van der Waals surface area contributed by atoms with Crippen LogP contribution in [0.4, 0.5) is 0 Å². The van der Waals surface area contributed by atoms with Crippen LogP contribution in [0.3, 0.4) is 0 Å².